The molecule has 0 fully saturated rings. The summed E-state index contributed by atoms with van der Waals surface area (Å²) in [6.45, 7) is 9.72. The topological polar surface area (TPSA) is 96.5 Å². The van der Waals surface area contributed by atoms with Gasteiger partial charge in [-0.05, 0) is 54.7 Å². The van der Waals surface area contributed by atoms with Crippen LogP contribution in [0.3, 0.4) is 0 Å². The molecule has 0 heterocycles. The van der Waals surface area contributed by atoms with Crippen LogP contribution in [0.4, 0.5) is 5.69 Å². The maximum Gasteiger partial charge on any atom is 0.279 e. The number of halogens is 1. The first kappa shape index (κ1) is 25.2. The summed E-state index contributed by atoms with van der Waals surface area (Å²) in [6, 6.07) is 12.7. The molecule has 0 saturated heterocycles. The quantitative estimate of drug-likeness (QED) is 0.538. The van der Waals surface area contributed by atoms with Crippen LogP contribution in [0.15, 0.2) is 42.5 Å². The fourth-order valence-electron chi connectivity index (χ4n) is 2.77. The van der Waals surface area contributed by atoms with Gasteiger partial charge in [0.05, 0.1) is 0 Å². The minimum atomic E-state index is -0.815. The van der Waals surface area contributed by atoms with Crippen LogP contribution in [0.25, 0.3) is 0 Å². The summed E-state index contributed by atoms with van der Waals surface area (Å²) in [5.41, 5.74) is 7.14. The second-order valence-electron chi connectivity index (χ2n) is 8.53. The van der Waals surface area contributed by atoms with Crippen LogP contribution >= 0.6 is 11.6 Å². The Labute approximate surface area is 193 Å². The van der Waals surface area contributed by atoms with Crippen molar-refractivity contribution in [3.05, 3.63) is 58.6 Å². The summed E-state index contributed by atoms with van der Waals surface area (Å²) in [6.07, 6.45) is -0.945. The first-order valence-corrected chi connectivity index (χ1v) is 10.8. The van der Waals surface area contributed by atoms with Crippen LogP contribution < -0.4 is 20.9 Å². The number of hydrogen-bond donors (Lipinski definition) is 3. The molecule has 2 aromatic rings. The van der Waals surface area contributed by atoms with Crippen molar-refractivity contribution in [2.45, 2.75) is 59.0 Å². The van der Waals surface area contributed by atoms with E-state index in [-0.39, 0.29) is 24.2 Å². The van der Waals surface area contributed by atoms with E-state index in [1.54, 1.807) is 32.0 Å². The molecular weight excluding hydrogens is 430 g/mol. The zero-order valence-corrected chi connectivity index (χ0v) is 19.8. The van der Waals surface area contributed by atoms with Crippen molar-refractivity contribution in [1.82, 2.24) is 10.9 Å². The molecule has 0 bridgehead atoms. The maximum absolute atomic E-state index is 12.2. The molecule has 2 rings (SSSR count). The van der Waals surface area contributed by atoms with Crippen LogP contribution in [0, 0.1) is 6.92 Å². The van der Waals surface area contributed by atoms with Crippen molar-refractivity contribution in [3.8, 4) is 5.75 Å². The highest BCUT2D eigenvalue weighted by atomic mass is 35.5. The lowest BCUT2D eigenvalue weighted by molar-refractivity contribution is -0.133. The lowest BCUT2D eigenvalue weighted by Gasteiger charge is -2.20. The molecule has 1 unspecified atom stereocenters. The highest BCUT2D eigenvalue weighted by Gasteiger charge is 2.17. The molecule has 32 heavy (non-hydrogen) atoms. The van der Waals surface area contributed by atoms with Gasteiger partial charge in [-0.1, -0.05) is 50.6 Å². The summed E-state index contributed by atoms with van der Waals surface area (Å²) >= 11 is 6.03. The van der Waals surface area contributed by atoms with Gasteiger partial charge < -0.3 is 10.1 Å². The molecular formula is C24H30ClN3O4. The number of nitrogens with one attached hydrogen (secondary N) is 3. The molecule has 3 N–H and O–H groups in total. The first-order chi connectivity index (χ1) is 15.0. The summed E-state index contributed by atoms with van der Waals surface area (Å²) in [5.74, 6) is -0.762. The number of carbonyl (C=O) groups is 3. The average Bonchev–Trinajstić information content (AvgIpc) is 2.73. The molecule has 2 aromatic carbocycles. The van der Waals surface area contributed by atoms with Gasteiger partial charge in [0.2, 0.25) is 11.8 Å². The molecule has 0 radical (unpaired) electrons. The molecule has 0 saturated carbocycles. The van der Waals surface area contributed by atoms with Crippen molar-refractivity contribution in [2.75, 3.05) is 5.32 Å². The van der Waals surface area contributed by atoms with E-state index in [4.69, 9.17) is 16.3 Å². The van der Waals surface area contributed by atoms with Gasteiger partial charge in [0.25, 0.3) is 5.91 Å². The number of amides is 3. The highest BCUT2D eigenvalue weighted by molar-refractivity contribution is 6.31. The number of carbonyl (C=O) groups excluding carboxylic acids is 3. The predicted octanol–water partition coefficient (Wildman–Crippen LogP) is 4.28. The smallest absolute Gasteiger partial charge is 0.279 e. The Hall–Kier alpha value is -3.06. The number of rotatable bonds is 7. The Kier molecular flexibility index (Phi) is 8.66. The van der Waals surface area contributed by atoms with Crippen LogP contribution in [-0.2, 0) is 19.8 Å². The third kappa shape index (κ3) is 7.57. The lowest BCUT2D eigenvalue weighted by atomic mass is 9.87. The number of hydrazine groups is 1. The van der Waals surface area contributed by atoms with Crippen LogP contribution in [0.1, 0.15) is 51.7 Å². The van der Waals surface area contributed by atoms with Gasteiger partial charge in [0.15, 0.2) is 6.10 Å². The molecule has 0 aromatic heterocycles. The minimum Gasteiger partial charge on any atom is -0.481 e. The second kappa shape index (κ2) is 11.0. The fraction of sp³-hybridized carbons (Fsp3) is 0.375. The maximum atomic E-state index is 12.2. The second-order valence-corrected chi connectivity index (χ2v) is 8.94. The zero-order chi connectivity index (χ0) is 23.9. The first-order valence-electron chi connectivity index (χ1n) is 10.4. The van der Waals surface area contributed by atoms with E-state index < -0.39 is 17.9 Å². The van der Waals surface area contributed by atoms with Crippen LogP contribution in [0.2, 0.25) is 5.02 Å². The molecule has 1 atom stereocenters. The largest absolute Gasteiger partial charge is 0.481 e. The summed E-state index contributed by atoms with van der Waals surface area (Å²) in [7, 11) is 0. The van der Waals surface area contributed by atoms with E-state index >= 15 is 0 Å². The number of anilines is 1. The summed E-state index contributed by atoms with van der Waals surface area (Å²) < 4.78 is 5.62. The molecule has 0 aliphatic rings. The Morgan fingerprint density at radius 2 is 1.59 bits per heavy atom. The van der Waals surface area contributed by atoms with Crippen molar-refractivity contribution >= 4 is 35.0 Å². The van der Waals surface area contributed by atoms with Gasteiger partial charge in [0.1, 0.15) is 5.75 Å². The Bertz CT molecular complexity index is 968. The van der Waals surface area contributed by atoms with E-state index in [1.165, 1.54) is 0 Å². The molecule has 0 aliphatic heterocycles. The number of hydrogen-bond acceptors (Lipinski definition) is 4. The fourth-order valence-corrected chi connectivity index (χ4v) is 2.94. The van der Waals surface area contributed by atoms with Crippen molar-refractivity contribution < 1.29 is 19.1 Å². The van der Waals surface area contributed by atoms with Crippen LogP contribution in [-0.4, -0.2) is 23.8 Å². The summed E-state index contributed by atoms with van der Waals surface area (Å²) in [4.78, 5) is 36.2. The average molecular weight is 460 g/mol. The highest BCUT2D eigenvalue weighted by Crippen LogP contribution is 2.25. The standard InChI is InChI=1S/C24H30ClN3O4/c1-15-19(25)7-6-8-20(15)26-21(29)13-14-22(30)27-28-23(31)16(2)32-18-11-9-17(10-12-18)24(3,4)5/h6-12,16H,13-14H2,1-5H3,(H,26,29)(H,27,30)(H,28,31). The summed E-state index contributed by atoms with van der Waals surface area (Å²) in [5, 5.41) is 3.27. The van der Waals surface area contributed by atoms with Gasteiger partial charge >= 0.3 is 0 Å². The van der Waals surface area contributed by atoms with Gasteiger partial charge in [0, 0.05) is 23.6 Å². The normalized spacial score (nSPS) is 11.9. The van der Waals surface area contributed by atoms with Crippen molar-refractivity contribution in [1.29, 1.82) is 0 Å². The molecule has 7 nitrogen and oxygen atoms in total. The number of ether oxygens (including phenoxy) is 1. The van der Waals surface area contributed by atoms with Crippen LogP contribution in [0.5, 0.6) is 5.75 Å². The zero-order valence-electron chi connectivity index (χ0n) is 19.0. The number of benzene rings is 2. The van der Waals surface area contributed by atoms with E-state index in [9.17, 15) is 14.4 Å². The Morgan fingerprint density at radius 1 is 0.969 bits per heavy atom. The van der Waals surface area contributed by atoms with E-state index in [1.807, 2.05) is 24.3 Å². The predicted molar refractivity (Wildman–Crippen MR) is 126 cm³/mol. The SMILES string of the molecule is Cc1c(Cl)cccc1NC(=O)CCC(=O)NNC(=O)C(C)Oc1ccc(C(C)(C)C)cc1. The van der Waals surface area contributed by atoms with E-state index in [0.717, 1.165) is 11.1 Å². The molecule has 172 valence electrons. The van der Waals surface area contributed by atoms with E-state index in [0.29, 0.717) is 16.5 Å². The lowest BCUT2D eigenvalue weighted by Crippen LogP contribution is -2.47. The molecule has 0 spiro atoms. The minimum absolute atomic E-state index is 0.0235. The Balaban J connectivity index is 1.74. The van der Waals surface area contributed by atoms with Crippen molar-refractivity contribution in [3.63, 3.8) is 0 Å². The monoisotopic (exact) mass is 459 g/mol. The van der Waals surface area contributed by atoms with Gasteiger partial charge in [-0.3, -0.25) is 25.2 Å². The molecule has 0 aliphatic carbocycles. The van der Waals surface area contributed by atoms with Gasteiger partial charge in [-0.15, -0.1) is 0 Å². The third-order valence-electron chi connectivity index (χ3n) is 4.85. The van der Waals surface area contributed by atoms with Crippen molar-refractivity contribution in [2.24, 2.45) is 0 Å². The molecule has 8 heteroatoms. The van der Waals surface area contributed by atoms with Gasteiger partial charge in [-0.25, -0.2) is 0 Å². The Morgan fingerprint density at radius 3 is 2.22 bits per heavy atom. The van der Waals surface area contributed by atoms with E-state index in [2.05, 4.69) is 36.9 Å². The molecule has 3 amide bonds. The van der Waals surface area contributed by atoms with Gasteiger partial charge in [-0.2, -0.15) is 0 Å². The third-order valence-corrected chi connectivity index (χ3v) is 5.26.